The molecule has 0 aliphatic carbocycles. The van der Waals surface area contributed by atoms with Gasteiger partial charge < -0.3 is 9.84 Å². The lowest BCUT2D eigenvalue weighted by Gasteiger charge is -2.36. The zero-order chi connectivity index (χ0) is 17.5. The molecule has 0 spiro atoms. The highest BCUT2D eigenvalue weighted by Gasteiger charge is 2.82. The van der Waals surface area contributed by atoms with Gasteiger partial charge in [-0.3, -0.25) is 0 Å². The Hall–Kier alpha value is -1.20. The third kappa shape index (κ3) is 3.35. The van der Waals surface area contributed by atoms with Crippen LogP contribution in [-0.2, 0) is 9.53 Å². The van der Waals surface area contributed by atoms with Gasteiger partial charge in [0.15, 0.2) is 5.60 Å². The zero-order valence-electron chi connectivity index (χ0n) is 10.4. The molecule has 0 aromatic carbocycles. The Morgan fingerprint density at radius 1 is 0.952 bits per heavy atom. The molecule has 0 aromatic heterocycles. The topological polar surface area (TPSA) is 46.5 Å². The molecule has 0 aliphatic rings. The number of aliphatic hydroxyl groups is 1. The van der Waals surface area contributed by atoms with Crippen LogP contribution in [0.15, 0.2) is 0 Å². The van der Waals surface area contributed by atoms with Crippen molar-refractivity contribution in [2.45, 2.75) is 42.9 Å². The third-order valence-electron chi connectivity index (χ3n) is 2.40. The lowest BCUT2D eigenvalue weighted by molar-refractivity contribution is -0.399. The van der Waals surface area contributed by atoms with Gasteiger partial charge in [-0.05, 0) is 6.92 Å². The minimum atomic E-state index is -7.07. The molecule has 0 bridgehead atoms. The van der Waals surface area contributed by atoms with Crippen molar-refractivity contribution in [3.8, 4) is 0 Å². The van der Waals surface area contributed by atoms with E-state index in [0.29, 0.717) is 7.11 Å². The summed E-state index contributed by atoms with van der Waals surface area (Å²) in [6, 6.07) is 0. The van der Waals surface area contributed by atoms with Crippen LogP contribution in [0, 0.1) is 0 Å². The van der Waals surface area contributed by atoms with Crippen molar-refractivity contribution in [1.82, 2.24) is 0 Å². The highest BCUT2D eigenvalue weighted by atomic mass is 19.4. The van der Waals surface area contributed by atoms with E-state index in [-0.39, 0.29) is 6.92 Å². The van der Waals surface area contributed by atoms with E-state index in [2.05, 4.69) is 4.74 Å². The number of halogens is 9. The predicted molar refractivity (Wildman–Crippen MR) is 48.2 cm³/mol. The summed E-state index contributed by atoms with van der Waals surface area (Å²) in [5, 5.41) is 9.14. The zero-order valence-corrected chi connectivity index (χ0v) is 10.4. The lowest BCUT2D eigenvalue weighted by Crippen LogP contribution is -2.62. The average Bonchev–Trinajstić information content (AvgIpc) is 2.24. The molecule has 0 saturated carbocycles. The summed E-state index contributed by atoms with van der Waals surface area (Å²) in [4.78, 5) is 10.8. The lowest BCUT2D eigenvalue weighted by atomic mass is 9.91. The van der Waals surface area contributed by atoms with Crippen LogP contribution in [0.5, 0.6) is 0 Å². The van der Waals surface area contributed by atoms with E-state index in [4.69, 9.17) is 5.11 Å². The van der Waals surface area contributed by atoms with Crippen molar-refractivity contribution < 1.29 is 54.2 Å². The molecule has 126 valence electrons. The Labute approximate surface area is 111 Å². The number of hydrogen-bond donors (Lipinski definition) is 1. The van der Waals surface area contributed by atoms with Gasteiger partial charge in [-0.25, -0.2) is 4.79 Å². The van der Waals surface area contributed by atoms with E-state index < -0.39 is 41.9 Å². The molecule has 0 saturated heterocycles. The molecule has 0 radical (unpaired) electrons. The fourth-order valence-corrected chi connectivity index (χ4v) is 1.24. The number of methoxy groups -OCH3 is 1. The fraction of sp³-hybridized carbons (Fsp3) is 0.889. The van der Waals surface area contributed by atoms with Crippen LogP contribution in [-0.4, -0.2) is 47.7 Å². The highest BCUT2D eigenvalue weighted by molar-refractivity contribution is 5.78. The highest BCUT2D eigenvalue weighted by Crippen LogP contribution is 2.54. The van der Waals surface area contributed by atoms with Gasteiger partial charge in [0.05, 0.1) is 13.5 Å². The maximum atomic E-state index is 13.1. The first-order valence-corrected chi connectivity index (χ1v) is 4.95. The second-order valence-electron chi connectivity index (χ2n) is 4.29. The van der Waals surface area contributed by atoms with Crippen LogP contribution in [0.1, 0.15) is 13.3 Å². The van der Waals surface area contributed by atoms with Crippen LogP contribution in [0.3, 0.4) is 0 Å². The molecule has 1 N–H and O–H groups in total. The van der Waals surface area contributed by atoms with Crippen molar-refractivity contribution in [1.29, 1.82) is 0 Å². The van der Waals surface area contributed by atoms with Gasteiger partial charge in [-0.1, -0.05) is 0 Å². The Morgan fingerprint density at radius 2 is 1.33 bits per heavy atom. The van der Waals surface area contributed by atoms with Crippen molar-refractivity contribution in [2.24, 2.45) is 0 Å². The summed E-state index contributed by atoms with van der Waals surface area (Å²) in [6.07, 6.45) is -9.66. The number of carbonyl (C=O) groups is 1. The summed E-state index contributed by atoms with van der Waals surface area (Å²) >= 11 is 0. The summed E-state index contributed by atoms with van der Waals surface area (Å²) < 4.78 is 116. The second kappa shape index (κ2) is 5.21. The number of rotatable bonds is 5. The molecule has 21 heavy (non-hydrogen) atoms. The van der Waals surface area contributed by atoms with E-state index in [9.17, 15) is 44.3 Å². The molecule has 1 atom stereocenters. The summed E-state index contributed by atoms with van der Waals surface area (Å²) in [5.74, 6) is -21.9. The molecule has 0 fully saturated rings. The molecule has 0 rings (SSSR count). The van der Waals surface area contributed by atoms with Gasteiger partial charge >= 0.3 is 29.9 Å². The van der Waals surface area contributed by atoms with Gasteiger partial charge in [-0.15, -0.1) is 0 Å². The van der Waals surface area contributed by atoms with Crippen LogP contribution in [0.4, 0.5) is 39.5 Å². The molecule has 0 aliphatic heterocycles. The van der Waals surface area contributed by atoms with Crippen molar-refractivity contribution in [3.63, 3.8) is 0 Å². The maximum Gasteiger partial charge on any atom is 0.460 e. The Kier molecular flexibility index (Phi) is 4.92. The van der Waals surface area contributed by atoms with Crippen LogP contribution < -0.4 is 0 Å². The first kappa shape index (κ1) is 19.8. The maximum absolute atomic E-state index is 13.1. The fourth-order valence-electron chi connectivity index (χ4n) is 1.24. The number of hydrogen-bond acceptors (Lipinski definition) is 3. The monoisotopic (exact) mass is 336 g/mol. The molecule has 1 unspecified atom stereocenters. The normalized spacial score (nSPS) is 17.3. The van der Waals surface area contributed by atoms with E-state index in [0.717, 1.165) is 0 Å². The quantitative estimate of drug-likeness (QED) is 0.620. The largest absolute Gasteiger partial charge is 0.467 e. The molecular formula is C9H9F9O3. The van der Waals surface area contributed by atoms with Crippen molar-refractivity contribution in [2.75, 3.05) is 7.11 Å². The molecule has 3 nitrogen and oxygen atoms in total. The van der Waals surface area contributed by atoms with E-state index in [1.165, 1.54) is 0 Å². The number of ether oxygens (including phenoxy) is 1. The van der Waals surface area contributed by atoms with E-state index in [1.807, 2.05) is 0 Å². The van der Waals surface area contributed by atoms with Gasteiger partial charge in [-0.2, -0.15) is 39.5 Å². The smallest absolute Gasteiger partial charge is 0.460 e. The Balaban J connectivity index is 5.65. The minimum absolute atomic E-state index is 0.203. The standard InChI is InChI=1S/C9H9F9O3/c1-5(20,4(19)21-2)3-6(10,11)7(12,13)8(14,15)9(16,17)18/h20H,3H2,1-2H3. The van der Waals surface area contributed by atoms with E-state index >= 15 is 0 Å². The molecule has 0 heterocycles. The van der Waals surface area contributed by atoms with Crippen molar-refractivity contribution >= 4 is 5.97 Å². The Morgan fingerprint density at radius 3 is 1.62 bits per heavy atom. The molecule has 12 heteroatoms. The molecule has 0 amide bonds. The summed E-state index contributed by atoms with van der Waals surface area (Å²) in [7, 11) is 0.553. The van der Waals surface area contributed by atoms with E-state index in [1.54, 1.807) is 0 Å². The number of alkyl halides is 9. The Bertz CT molecular complexity index is 400. The summed E-state index contributed by atoms with van der Waals surface area (Å²) in [5.41, 5.74) is -3.40. The SMILES string of the molecule is COC(=O)C(C)(O)CC(F)(F)C(F)(F)C(F)(F)C(F)(F)F. The van der Waals surface area contributed by atoms with Gasteiger partial charge in [0, 0.05) is 0 Å². The third-order valence-corrected chi connectivity index (χ3v) is 2.40. The average molecular weight is 336 g/mol. The predicted octanol–water partition coefficient (Wildman–Crippen LogP) is 2.77. The first-order valence-electron chi connectivity index (χ1n) is 4.95. The minimum Gasteiger partial charge on any atom is -0.467 e. The van der Waals surface area contributed by atoms with Crippen LogP contribution in [0.25, 0.3) is 0 Å². The van der Waals surface area contributed by atoms with Crippen molar-refractivity contribution in [3.05, 3.63) is 0 Å². The molecular weight excluding hydrogens is 327 g/mol. The van der Waals surface area contributed by atoms with Crippen LogP contribution >= 0.6 is 0 Å². The van der Waals surface area contributed by atoms with Crippen LogP contribution in [0.2, 0.25) is 0 Å². The van der Waals surface area contributed by atoms with Gasteiger partial charge in [0.1, 0.15) is 0 Å². The van der Waals surface area contributed by atoms with Gasteiger partial charge in [0.2, 0.25) is 0 Å². The second-order valence-corrected chi connectivity index (χ2v) is 4.29. The number of esters is 1. The van der Waals surface area contributed by atoms with Gasteiger partial charge in [0.25, 0.3) is 0 Å². The summed E-state index contributed by atoms with van der Waals surface area (Å²) in [6.45, 7) is 0.203. The first-order chi connectivity index (χ1) is 8.94. The molecule has 0 aromatic rings. The number of carbonyl (C=O) groups excluding carboxylic acids is 1.